The molecule has 1 aromatic carbocycles. The number of ether oxygens (including phenoxy) is 1. The minimum absolute atomic E-state index is 0.726. The van der Waals surface area contributed by atoms with Crippen molar-refractivity contribution in [3.8, 4) is 5.75 Å². The zero-order valence-corrected chi connectivity index (χ0v) is 12.6. The van der Waals surface area contributed by atoms with Crippen LogP contribution in [0, 0.1) is 0 Å². The predicted octanol–water partition coefficient (Wildman–Crippen LogP) is 4.22. The van der Waals surface area contributed by atoms with E-state index in [2.05, 4.69) is 30.5 Å². The molecule has 0 atom stereocenters. The molecule has 1 rings (SSSR count). The van der Waals surface area contributed by atoms with Gasteiger partial charge in [-0.25, -0.2) is 0 Å². The zero-order chi connectivity index (χ0) is 14.1. The van der Waals surface area contributed by atoms with Crippen molar-refractivity contribution in [2.45, 2.75) is 32.6 Å². The molecule has 0 aliphatic rings. The lowest BCUT2D eigenvalue weighted by Crippen LogP contribution is -2.19. The Balaban J connectivity index is 2.40. The van der Waals surface area contributed by atoms with Crippen molar-refractivity contribution >= 4 is 5.57 Å². The molecule has 0 aliphatic heterocycles. The molecule has 0 heterocycles. The molecule has 1 aromatic rings. The topological polar surface area (TPSA) is 12.5 Å². The van der Waals surface area contributed by atoms with Gasteiger partial charge in [0.1, 0.15) is 12.4 Å². The zero-order valence-electron chi connectivity index (χ0n) is 12.6. The number of nitrogens with zero attached hydrogens (tertiary/aromatic N) is 1. The van der Waals surface area contributed by atoms with Gasteiger partial charge in [0.05, 0.1) is 0 Å². The number of hydrogen-bond donors (Lipinski definition) is 0. The number of likely N-dealkylation sites (N-methyl/N-ethyl adjacent to an activating group) is 1. The largest absolute Gasteiger partial charge is 0.492 e. The fraction of sp³-hybridized carbons (Fsp3) is 0.529. The van der Waals surface area contributed by atoms with Gasteiger partial charge in [0.25, 0.3) is 0 Å². The Morgan fingerprint density at radius 2 is 1.84 bits per heavy atom. The molecule has 0 saturated carbocycles. The van der Waals surface area contributed by atoms with Gasteiger partial charge in [-0.05, 0) is 50.2 Å². The van der Waals surface area contributed by atoms with Crippen LogP contribution >= 0.6 is 0 Å². The van der Waals surface area contributed by atoms with E-state index in [4.69, 9.17) is 4.74 Å². The van der Waals surface area contributed by atoms with E-state index >= 15 is 0 Å². The van der Waals surface area contributed by atoms with E-state index in [0.29, 0.717) is 0 Å². The van der Waals surface area contributed by atoms with Crippen LogP contribution in [-0.2, 0) is 0 Å². The second kappa shape index (κ2) is 8.76. The van der Waals surface area contributed by atoms with Gasteiger partial charge < -0.3 is 9.64 Å². The quantitative estimate of drug-likeness (QED) is 0.617. The molecule has 2 nitrogen and oxygen atoms in total. The van der Waals surface area contributed by atoms with E-state index in [1.165, 1.54) is 30.4 Å². The molecule has 106 valence electrons. The van der Waals surface area contributed by atoms with Crippen LogP contribution in [0.2, 0.25) is 0 Å². The first-order valence-corrected chi connectivity index (χ1v) is 7.19. The Bertz CT molecular complexity index is 367. The standard InChI is InChI=1S/C17H27NO/c1-5-6-7-8-15(2)16-9-11-17(12-10-16)19-14-13-18(3)4/h9-12H,2,5-8,13-14H2,1,3-4H3. The average molecular weight is 261 g/mol. The van der Waals surface area contributed by atoms with Crippen molar-refractivity contribution in [3.05, 3.63) is 36.4 Å². The summed E-state index contributed by atoms with van der Waals surface area (Å²) in [5.41, 5.74) is 2.46. The first-order chi connectivity index (χ1) is 9.13. The number of rotatable bonds is 9. The van der Waals surface area contributed by atoms with Gasteiger partial charge in [-0.15, -0.1) is 0 Å². The fourth-order valence-electron chi connectivity index (χ4n) is 1.87. The molecule has 0 fully saturated rings. The monoisotopic (exact) mass is 261 g/mol. The first-order valence-electron chi connectivity index (χ1n) is 7.19. The van der Waals surface area contributed by atoms with Gasteiger partial charge >= 0.3 is 0 Å². The minimum atomic E-state index is 0.726. The number of allylic oxidation sites excluding steroid dienone is 1. The molecule has 0 unspecified atom stereocenters. The average Bonchev–Trinajstić information content (AvgIpc) is 2.39. The highest BCUT2D eigenvalue weighted by molar-refractivity contribution is 5.63. The molecular formula is C17H27NO. The predicted molar refractivity (Wildman–Crippen MR) is 83.7 cm³/mol. The van der Waals surface area contributed by atoms with Crippen LogP contribution in [0.25, 0.3) is 5.57 Å². The number of hydrogen-bond acceptors (Lipinski definition) is 2. The molecular weight excluding hydrogens is 234 g/mol. The molecule has 2 heteroatoms. The maximum Gasteiger partial charge on any atom is 0.119 e. The van der Waals surface area contributed by atoms with Gasteiger partial charge in [0, 0.05) is 6.54 Å². The Hall–Kier alpha value is -1.28. The van der Waals surface area contributed by atoms with Crippen LogP contribution in [-0.4, -0.2) is 32.1 Å². The van der Waals surface area contributed by atoms with Gasteiger partial charge in [-0.2, -0.15) is 0 Å². The van der Waals surface area contributed by atoms with Crippen molar-refractivity contribution in [2.75, 3.05) is 27.2 Å². The van der Waals surface area contributed by atoms with Crippen LogP contribution in [0.4, 0.5) is 0 Å². The normalized spacial score (nSPS) is 10.7. The Kier molecular flexibility index (Phi) is 7.27. The first kappa shape index (κ1) is 15.8. The fourth-order valence-corrected chi connectivity index (χ4v) is 1.87. The highest BCUT2D eigenvalue weighted by Gasteiger charge is 2.00. The van der Waals surface area contributed by atoms with Crippen molar-refractivity contribution in [1.82, 2.24) is 4.90 Å². The Morgan fingerprint density at radius 3 is 2.42 bits per heavy atom. The summed E-state index contributed by atoms with van der Waals surface area (Å²) in [7, 11) is 4.10. The van der Waals surface area contributed by atoms with Gasteiger partial charge in [-0.3, -0.25) is 0 Å². The molecule has 0 saturated heterocycles. The van der Waals surface area contributed by atoms with E-state index in [1.54, 1.807) is 0 Å². The second-order valence-electron chi connectivity index (χ2n) is 5.24. The maximum atomic E-state index is 5.68. The maximum absolute atomic E-state index is 5.68. The van der Waals surface area contributed by atoms with Gasteiger partial charge in [-0.1, -0.05) is 38.5 Å². The van der Waals surface area contributed by atoms with Crippen LogP contribution in [0.1, 0.15) is 38.2 Å². The smallest absolute Gasteiger partial charge is 0.119 e. The highest BCUT2D eigenvalue weighted by Crippen LogP contribution is 2.21. The molecule has 0 amide bonds. The highest BCUT2D eigenvalue weighted by atomic mass is 16.5. The third-order valence-electron chi connectivity index (χ3n) is 3.15. The molecule has 0 bridgehead atoms. The lowest BCUT2D eigenvalue weighted by atomic mass is 10.0. The molecule has 0 spiro atoms. The Morgan fingerprint density at radius 1 is 1.16 bits per heavy atom. The molecule has 0 aromatic heterocycles. The van der Waals surface area contributed by atoms with Crippen molar-refractivity contribution < 1.29 is 4.74 Å². The summed E-state index contributed by atoms with van der Waals surface area (Å²) in [5.74, 6) is 0.937. The summed E-state index contributed by atoms with van der Waals surface area (Å²) in [4.78, 5) is 2.12. The van der Waals surface area contributed by atoms with Gasteiger partial charge in [0.15, 0.2) is 0 Å². The summed E-state index contributed by atoms with van der Waals surface area (Å²) in [6.45, 7) is 8.05. The molecule has 0 radical (unpaired) electrons. The third kappa shape index (κ3) is 6.44. The third-order valence-corrected chi connectivity index (χ3v) is 3.15. The van der Waals surface area contributed by atoms with E-state index in [-0.39, 0.29) is 0 Å². The van der Waals surface area contributed by atoms with E-state index in [9.17, 15) is 0 Å². The Labute approximate surface area is 118 Å². The van der Waals surface area contributed by atoms with Crippen molar-refractivity contribution in [3.63, 3.8) is 0 Å². The summed E-state index contributed by atoms with van der Waals surface area (Å²) < 4.78 is 5.68. The number of benzene rings is 1. The van der Waals surface area contributed by atoms with Crippen molar-refractivity contribution in [1.29, 1.82) is 0 Å². The minimum Gasteiger partial charge on any atom is -0.492 e. The van der Waals surface area contributed by atoms with Crippen LogP contribution in [0.15, 0.2) is 30.8 Å². The lowest BCUT2D eigenvalue weighted by molar-refractivity contribution is 0.261. The second-order valence-corrected chi connectivity index (χ2v) is 5.24. The molecule has 0 aliphatic carbocycles. The van der Waals surface area contributed by atoms with Gasteiger partial charge in [0.2, 0.25) is 0 Å². The lowest BCUT2D eigenvalue weighted by Gasteiger charge is -2.11. The number of unbranched alkanes of at least 4 members (excludes halogenated alkanes) is 2. The van der Waals surface area contributed by atoms with Crippen molar-refractivity contribution in [2.24, 2.45) is 0 Å². The summed E-state index contributed by atoms with van der Waals surface area (Å²) in [6.07, 6.45) is 4.86. The van der Waals surface area contributed by atoms with Crippen LogP contribution in [0.3, 0.4) is 0 Å². The van der Waals surface area contributed by atoms with Crippen LogP contribution < -0.4 is 4.74 Å². The van der Waals surface area contributed by atoms with E-state index in [0.717, 1.165) is 25.3 Å². The molecule has 0 N–H and O–H groups in total. The van der Waals surface area contributed by atoms with E-state index in [1.807, 2.05) is 26.2 Å². The summed E-state index contributed by atoms with van der Waals surface area (Å²) in [5, 5.41) is 0. The SMILES string of the molecule is C=C(CCCCC)c1ccc(OCCN(C)C)cc1. The summed E-state index contributed by atoms with van der Waals surface area (Å²) >= 11 is 0. The van der Waals surface area contributed by atoms with Crippen LogP contribution in [0.5, 0.6) is 5.75 Å². The summed E-state index contributed by atoms with van der Waals surface area (Å²) in [6, 6.07) is 8.30. The molecule has 19 heavy (non-hydrogen) atoms. The van der Waals surface area contributed by atoms with E-state index < -0.39 is 0 Å².